The first-order valence-electron chi connectivity index (χ1n) is 9.08. The molecule has 150 valence electrons. The molecule has 0 saturated heterocycles. The first-order chi connectivity index (χ1) is 13.9. The van der Waals surface area contributed by atoms with E-state index in [9.17, 15) is 8.42 Å². The van der Waals surface area contributed by atoms with E-state index >= 15 is 0 Å². The topological polar surface area (TPSA) is 81.8 Å². The van der Waals surface area contributed by atoms with Crippen molar-refractivity contribution >= 4 is 21.4 Å². The van der Waals surface area contributed by atoms with Crippen LogP contribution in [0.3, 0.4) is 0 Å². The zero-order valence-electron chi connectivity index (χ0n) is 16.1. The van der Waals surface area contributed by atoms with E-state index in [0.29, 0.717) is 0 Å². The van der Waals surface area contributed by atoms with E-state index < -0.39 is 10.0 Å². The second kappa shape index (κ2) is 7.94. The Hall–Kier alpha value is -2.75. The fraction of sp³-hybridized carbons (Fsp3) is 0.200. The molecule has 0 aliphatic carbocycles. The van der Waals surface area contributed by atoms with Crippen molar-refractivity contribution in [1.29, 1.82) is 0 Å². The fourth-order valence-corrected chi connectivity index (χ4v) is 4.99. The number of benzene rings is 1. The first-order valence-corrected chi connectivity index (χ1v) is 11.5. The van der Waals surface area contributed by atoms with E-state index in [1.165, 1.54) is 0 Å². The van der Waals surface area contributed by atoms with Gasteiger partial charge in [-0.25, -0.2) is 17.8 Å². The lowest BCUT2D eigenvalue weighted by molar-refractivity contribution is 0.495. The number of aromatic nitrogens is 4. The lowest BCUT2D eigenvalue weighted by Crippen LogP contribution is -2.32. The number of rotatable bonds is 7. The van der Waals surface area contributed by atoms with Gasteiger partial charge in [0.2, 0.25) is 10.0 Å². The summed E-state index contributed by atoms with van der Waals surface area (Å²) in [5, 5.41) is 12.7. The predicted molar refractivity (Wildman–Crippen MR) is 113 cm³/mol. The van der Waals surface area contributed by atoms with Gasteiger partial charge in [-0.05, 0) is 72.6 Å². The molecule has 7 nitrogen and oxygen atoms in total. The van der Waals surface area contributed by atoms with Crippen LogP contribution < -0.4 is 4.72 Å². The highest BCUT2D eigenvalue weighted by molar-refractivity contribution is 7.89. The number of nitrogens with one attached hydrogen (secondary N) is 1. The molecule has 4 aromatic rings. The van der Waals surface area contributed by atoms with E-state index in [1.54, 1.807) is 46.5 Å². The lowest BCUT2D eigenvalue weighted by Gasteiger charge is -2.19. The van der Waals surface area contributed by atoms with Crippen molar-refractivity contribution in [3.63, 3.8) is 0 Å². The Morgan fingerprint density at radius 3 is 2.55 bits per heavy atom. The summed E-state index contributed by atoms with van der Waals surface area (Å²) in [4.78, 5) is 0.214. The van der Waals surface area contributed by atoms with Crippen molar-refractivity contribution in [3.05, 3.63) is 82.6 Å². The smallest absolute Gasteiger partial charge is 0.240 e. The zero-order chi connectivity index (χ0) is 20.4. The van der Waals surface area contributed by atoms with Crippen molar-refractivity contribution in [2.45, 2.75) is 24.8 Å². The van der Waals surface area contributed by atoms with Gasteiger partial charge in [0, 0.05) is 24.6 Å². The highest BCUT2D eigenvalue weighted by atomic mass is 32.2. The SMILES string of the molecule is Cc1cc(C)n([C@@H](CNS(=O)(=O)c2ccc(-n3cccn3)cc2)c2ccsc2)n1. The van der Waals surface area contributed by atoms with Gasteiger partial charge in [0.05, 0.1) is 22.3 Å². The minimum absolute atomic E-state index is 0.210. The molecule has 0 amide bonds. The highest BCUT2D eigenvalue weighted by Crippen LogP contribution is 2.23. The fourth-order valence-electron chi connectivity index (χ4n) is 3.24. The summed E-state index contributed by atoms with van der Waals surface area (Å²) in [6.07, 6.45) is 3.48. The number of nitrogens with zero attached hydrogens (tertiary/aromatic N) is 4. The van der Waals surface area contributed by atoms with Gasteiger partial charge in [0.15, 0.2) is 0 Å². The molecule has 0 aliphatic heterocycles. The van der Waals surface area contributed by atoms with Crippen LogP contribution in [0.2, 0.25) is 0 Å². The molecule has 0 saturated carbocycles. The minimum Gasteiger partial charge on any atom is -0.261 e. The van der Waals surface area contributed by atoms with Gasteiger partial charge in [-0.2, -0.15) is 21.5 Å². The quantitative estimate of drug-likeness (QED) is 0.491. The Labute approximate surface area is 173 Å². The van der Waals surface area contributed by atoms with Crippen LogP contribution in [0, 0.1) is 13.8 Å². The number of sulfonamides is 1. The third-order valence-electron chi connectivity index (χ3n) is 4.65. The van der Waals surface area contributed by atoms with E-state index in [2.05, 4.69) is 14.9 Å². The van der Waals surface area contributed by atoms with E-state index in [0.717, 1.165) is 22.6 Å². The monoisotopic (exact) mass is 427 g/mol. The summed E-state index contributed by atoms with van der Waals surface area (Å²) in [6, 6.07) is 12.2. The lowest BCUT2D eigenvalue weighted by atomic mass is 10.1. The second-order valence-corrected chi connectivity index (χ2v) is 9.29. The molecule has 3 aromatic heterocycles. The van der Waals surface area contributed by atoms with Gasteiger partial charge in [0.25, 0.3) is 0 Å². The summed E-state index contributed by atoms with van der Waals surface area (Å²) in [6.45, 7) is 4.11. The van der Waals surface area contributed by atoms with Gasteiger partial charge in [-0.15, -0.1) is 0 Å². The molecule has 29 heavy (non-hydrogen) atoms. The minimum atomic E-state index is -3.66. The molecule has 0 unspecified atom stereocenters. The molecule has 9 heteroatoms. The third-order valence-corrected chi connectivity index (χ3v) is 6.79. The molecule has 0 aliphatic rings. The van der Waals surface area contributed by atoms with E-state index in [-0.39, 0.29) is 17.5 Å². The van der Waals surface area contributed by atoms with Crippen LogP contribution in [0.25, 0.3) is 5.69 Å². The molecule has 3 heterocycles. The van der Waals surface area contributed by atoms with E-state index in [4.69, 9.17) is 0 Å². The van der Waals surface area contributed by atoms with Crippen molar-refractivity contribution < 1.29 is 8.42 Å². The summed E-state index contributed by atoms with van der Waals surface area (Å²) >= 11 is 1.58. The molecule has 0 spiro atoms. The van der Waals surface area contributed by atoms with Crippen LogP contribution in [-0.4, -0.2) is 34.5 Å². The molecule has 1 atom stereocenters. The highest BCUT2D eigenvalue weighted by Gasteiger charge is 2.22. The molecule has 0 radical (unpaired) electrons. The molecule has 1 N–H and O–H groups in total. The van der Waals surface area contributed by atoms with Crippen LogP contribution in [0.15, 0.2) is 70.5 Å². The van der Waals surface area contributed by atoms with Crippen LogP contribution in [0.5, 0.6) is 0 Å². The number of thiophene rings is 1. The number of aryl methyl sites for hydroxylation is 2. The van der Waals surface area contributed by atoms with Crippen molar-refractivity contribution in [1.82, 2.24) is 24.3 Å². The average molecular weight is 428 g/mol. The Morgan fingerprint density at radius 1 is 1.17 bits per heavy atom. The molecular formula is C20H21N5O2S2. The first kappa shape index (κ1) is 19.6. The van der Waals surface area contributed by atoms with Gasteiger partial charge >= 0.3 is 0 Å². The summed E-state index contributed by atoms with van der Waals surface area (Å²) in [5.74, 6) is 0. The van der Waals surface area contributed by atoms with Gasteiger partial charge in [0.1, 0.15) is 0 Å². The third kappa shape index (κ3) is 4.16. The predicted octanol–water partition coefficient (Wildman–Crippen LogP) is 3.32. The van der Waals surface area contributed by atoms with Gasteiger partial charge in [-0.1, -0.05) is 0 Å². The molecule has 0 fully saturated rings. The molecule has 4 rings (SSSR count). The molecule has 1 aromatic carbocycles. The summed E-state index contributed by atoms with van der Waals surface area (Å²) in [5.41, 5.74) is 3.71. The van der Waals surface area contributed by atoms with Crippen molar-refractivity contribution in [2.24, 2.45) is 0 Å². The van der Waals surface area contributed by atoms with Crippen LogP contribution in [0.4, 0.5) is 0 Å². The van der Waals surface area contributed by atoms with Crippen LogP contribution in [0.1, 0.15) is 23.0 Å². The number of hydrogen-bond donors (Lipinski definition) is 1. The second-order valence-electron chi connectivity index (χ2n) is 6.74. The Kier molecular flexibility index (Phi) is 5.35. The Balaban J connectivity index is 1.56. The standard InChI is InChI=1S/C20H21N5O2S2/c1-15-12-16(2)25(23-15)20(17-8-11-28-14-17)13-22-29(26,27)19-6-4-18(5-7-19)24-10-3-9-21-24/h3-12,14,20,22H,13H2,1-2H3/t20-/m0/s1. The van der Waals surface area contributed by atoms with Gasteiger partial charge < -0.3 is 0 Å². The normalized spacial score (nSPS) is 12.9. The summed E-state index contributed by atoms with van der Waals surface area (Å²) in [7, 11) is -3.66. The van der Waals surface area contributed by atoms with E-state index in [1.807, 2.05) is 53.7 Å². The average Bonchev–Trinajstić information content (AvgIpc) is 3.45. The summed E-state index contributed by atoms with van der Waals surface area (Å²) < 4.78 is 32.0. The van der Waals surface area contributed by atoms with Crippen LogP contribution in [-0.2, 0) is 10.0 Å². The zero-order valence-corrected chi connectivity index (χ0v) is 17.7. The Morgan fingerprint density at radius 2 is 1.97 bits per heavy atom. The molecule has 0 bridgehead atoms. The maximum Gasteiger partial charge on any atom is 0.240 e. The van der Waals surface area contributed by atoms with Gasteiger partial charge in [-0.3, -0.25) is 4.68 Å². The largest absolute Gasteiger partial charge is 0.261 e. The Bertz CT molecular complexity index is 1180. The van der Waals surface area contributed by atoms with Crippen LogP contribution >= 0.6 is 11.3 Å². The maximum absolute atomic E-state index is 12.9. The number of hydrogen-bond acceptors (Lipinski definition) is 5. The molecular weight excluding hydrogens is 406 g/mol. The van der Waals surface area contributed by atoms with Crippen molar-refractivity contribution in [2.75, 3.05) is 6.54 Å². The maximum atomic E-state index is 12.9. The van der Waals surface area contributed by atoms with Crippen molar-refractivity contribution in [3.8, 4) is 5.69 Å².